The predicted octanol–water partition coefficient (Wildman–Crippen LogP) is 6.60. The Morgan fingerprint density at radius 2 is 1.41 bits per heavy atom. The number of hydrogen-bond donors (Lipinski definition) is 2. The Balaban J connectivity index is 2.10. The molecule has 1 amide bonds. The number of carbonyl (C=O) groups is 2. The van der Waals surface area contributed by atoms with Crippen LogP contribution < -0.4 is 5.32 Å². The molecule has 1 rings (SSSR count). The van der Waals surface area contributed by atoms with Crippen LogP contribution in [0.5, 0.6) is 5.75 Å². The maximum atomic E-state index is 12.3. The van der Waals surface area contributed by atoms with E-state index in [1.54, 1.807) is 12.1 Å². The number of rotatable bonds is 19. The van der Waals surface area contributed by atoms with Crippen LogP contribution in [0.25, 0.3) is 0 Å². The van der Waals surface area contributed by atoms with Gasteiger partial charge in [-0.15, -0.1) is 0 Å². The van der Waals surface area contributed by atoms with Gasteiger partial charge in [0.25, 0.3) is 0 Å². The van der Waals surface area contributed by atoms with Crippen LogP contribution in [0, 0.1) is 0 Å². The quantitative estimate of drug-likeness (QED) is 0.125. The van der Waals surface area contributed by atoms with Gasteiger partial charge in [-0.1, -0.05) is 86.7 Å². The first-order valence-electron chi connectivity index (χ1n) is 13.2. The summed E-state index contributed by atoms with van der Waals surface area (Å²) < 4.78 is 10.8. The first-order chi connectivity index (χ1) is 18.1. The van der Waals surface area contributed by atoms with E-state index >= 15 is 0 Å². The van der Waals surface area contributed by atoms with Crippen molar-refractivity contribution in [3.63, 3.8) is 0 Å². The number of esters is 1. The summed E-state index contributed by atoms with van der Waals surface area (Å²) >= 11 is 0. The maximum absolute atomic E-state index is 12.3. The van der Waals surface area contributed by atoms with Gasteiger partial charge in [0.05, 0.1) is 13.2 Å². The lowest BCUT2D eigenvalue weighted by Gasteiger charge is -2.15. The van der Waals surface area contributed by atoms with E-state index in [0.29, 0.717) is 13.0 Å². The highest BCUT2D eigenvalue weighted by molar-refractivity contribution is 5.92. The lowest BCUT2D eigenvalue weighted by molar-refractivity contribution is -0.133. The SMILES string of the molecule is CCC=CCC=CCC=CCC=CCC=CCCOC(CC)C(=O)NCCOC(=O)c1ccccc1O. The van der Waals surface area contributed by atoms with E-state index in [0.717, 1.165) is 38.5 Å². The van der Waals surface area contributed by atoms with Crippen molar-refractivity contribution in [3.05, 3.63) is 90.6 Å². The Hall–Kier alpha value is -3.38. The van der Waals surface area contributed by atoms with Gasteiger partial charge < -0.3 is 19.9 Å². The van der Waals surface area contributed by atoms with E-state index in [1.165, 1.54) is 12.1 Å². The van der Waals surface area contributed by atoms with Crippen molar-refractivity contribution in [2.24, 2.45) is 0 Å². The Bertz CT molecular complexity index is 914. The molecule has 0 heterocycles. The molecule has 0 saturated carbocycles. The molecule has 0 aliphatic heterocycles. The molecule has 0 spiro atoms. The summed E-state index contributed by atoms with van der Waals surface area (Å²) in [6.45, 7) is 4.67. The Kier molecular flexibility index (Phi) is 18.7. The third-order valence-corrected chi connectivity index (χ3v) is 5.18. The lowest BCUT2D eigenvalue weighted by atomic mass is 10.2. The number of allylic oxidation sites excluding steroid dienone is 9. The van der Waals surface area contributed by atoms with Gasteiger partial charge in [-0.2, -0.15) is 0 Å². The molecule has 37 heavy (non-hydrogen) atoms. The van der Waals surface area contributed by atoms with E-state index < -0.39 is 12.1 Å². The van der Waals surface area contributed by atoms with Crippen LogP contribution in [0.3, 0.4) is 0 Å². The number of benzene rings is 1. The first kappa shape index (κ1) is 31.6. The minimum atomic E-state index is -0.632. The highest BCUT2D eigenvalue weighted by Crippen LogP contribution is 2.16. The van der Waals surface area contributed by atoms with Gasteiger partial charge in [-0.25, -0.2) is 4.79 Å². The molecule has 6 nitrogen and oxygen atoms in total. The van der Waals surface area contributed by atoms with Crippen LogP contribution in [-0.4, -0.2) is 42.8 Å². The summed E-state index contributed by atoms with van der Waals surface area (Å²) in [5, 5.41) is 12.4. The first-order valence-corrected chi connectivity index (χ1v) is 13.2. The molecule has 6 heteroatoms. The fourth-order valence-corrected chi connectivity index (χ4v) is 3.18. The number of phenols is 1. The number of amides is 1. The van der Waals surface area contributed by atoms with Gasteiger partial charge in [0.1, 0.15) is 24.0 Å². The third kappa shape index (κ3) is 16.1. The molecule has 0 fully saturated rings. The lowest BCUT2D eigenvalue weighted by Crippen LogP contribution is -2.38. The summed E-state index contributed by atoms with van der Waals surface area (Å²) in [5.74, 6) is -0.999. The fraction of sp³-hybridized carbons (Fsp3) is 0.419. The van der Waals surface area contributed by atoms with Gasteiger partial charge in [0.2, 0.25) is 5.91 Å². The number of nitrogens with one attached hydrogen (secondary N) is 1. The zero-order valence-electron chi connectivity index (χ0n) is 22.3. The Morgan fingerprint density at radius 3 is 1.97 bits per heavy atom. The third-order valence-electron chi connectivity index (χ3n) is 5.18. The molecule has 0 aliphatic rings. The summed E-state index contributed by atoms with van der Waals surface area (Å²) in [6, 6.07) is 6.16. The number of hydrogen-bond acceptors (Lipinski definition) is 5. The van der Waals surface area contributed by atoms with Gasteiger partial charge in [0.15, 0.2) is 0 Å². The number of para-hydroxylation sites is 1. The summed E-state index contributed by atoms with van der Waals surface area (Å²) in [5.41, 5.74) is 0.0960. The summed E-state index contributed by atoms with van der Waals surface area (Å²) in [7, 11) is 0. The minimum Gasteiger partial charge on any atom is -0.507 e. The fourth-order valence-electron chi connectivity index (χ4n) is 3.18. The second-order valence-electron chi connectivity index (χ2n) is 8.21. The van der Waals surface area contributed by atoms with E-state index in [4.69, 9.17) is 9.47 Å². The molecule has 0 aliphatic carbocycles. The molecule has 1 aromatic rings. The summed E-state index contributed by atoms with van der Waals surface area (Å²) in [6.07, 6.45) is 27.2. The molecule has 1 unspecified atom stereocenters. The number of phenolic OH excluding ortho intramolecular Hbond substituents is 1. The molecule has 2 N–H and O–H groups in total. The Labute approximate surface area is 222 Å². The van der Waals surface area contributed by atoms with Crippen LogP contribution in [0.1, 0.15) is 69.2 Å². The molecule has 1 aromatic carbocycles. The Morgan fingerprint density at radius 1 is 0.838 bits per heavy atom. The van der Waals surface area contributed by atoms with E-state index in [-0.39, 0.29) is 30.4 Å². The molecule has 0 bridgehead atoms. The topological polar surface area (TPSA) is 84.9 Å². The second kappa shape index (κ2) is 21.9. The number of ether oxygens (including phenoxy) is 2. The van der Waals surface area contributed by atoms with Gasteiger partial charge in [-0.05, 0) is 57.1 Å². The zero-order chi connectivity index (χ0) is 27.0. The van der Waals surface area contributed by atoms with Gasteiger partial charge in [0, 0.05) is 0 Å². The van der Waals surface area contributed by atoms with Crippen molar-refractivity contribution in [1.29, 1.82) is 0 Å². The molecule has 1 atom stereocenters. The normalized spacial score (nSPS) is 12.9. The zero-order valence-corrected chi connectivity index (χ0v) is 22.3. The molecule has 202 valence electrons. The van der Waals surface area contributed by atoms with Crippen molar-refractivity contribution in [2.45, 2.75) is 64.9 Å². The van der Waals surface area contributed by atoms with E-state index in [9.17, 15) is 14.7 Å². The summed E-state index contributed by atoms with van der Waals surface area (Å²) in [4.78, 5) is 24.2. The monoisotopic (exact) mass is 509 g/mol. The number of aromatic hydroxyl groups is 1. The highest BCUT2D eigenvalue weighted by atomic mass is 16.5. The van der Waals surface area contributed by atoms with Crippen LogP contribution in [-0.2, 0) is 14.3 Å². The maximum Gasteiger partial charge on any atom is 0.341 e. The van der Waals surface area contributed by atoms with E-state index in [2.05, 4.69) is 73.0 Å². The van der Waals surface area contributed by atoms with Crippen molar-refractivity contribution in [1.82, 2.24) is 5.32 Å². The van der Waals surface area contributed by atoms with Crippen LogP contribution in [0.4, 0.5) is 0 Å². The predicted molar refractivity (Wildman–Crippen MR) is 151 cm³/mol. The van der Waals surface area contributed by atoms with Gasteiger partial charge in [-0.3, -0.25) is 4.79 Å². The van der Waals surface area contributed by atoms with Crippen LogP contribution >= 0.6 is 0 Å². The number of carbonyl (C=O) groups excluding carboxylic acids is 2. The van der Waals surface area contributed by atoms with Crippen LogP contribution in [0.2, 0.25) is 0 Å². The second-order valence-corrected chi connectivity index (χ2v) is 8.21. The van der Waals surface area contributed by atoms with Crippen molar-refractivity contribution in [2.75, 3.05) is 19.8 Å². The standard InChI is InChI=1S/C31H43NO5/c1-3-5-6-7-8-9-10-11-12-13-14-15-16-17-18-21-25-36-29(4-2)30(34)32-24-26-37-31(35)27-22-19-20-23-28(27)33/h5-6,8-9,11-12,14-15,17-20,22-23,29,33H,3-4,7,10,13,16,21,24-26H2,1-2H3,(H,32,34). The average molecular weight is 510 g/mol. The van der Waals surface area contributed by atoms with Crippen molar-refractivity contribution >= 4 is 11.9 Å². The molecular weight excluding hydrogens is 466 g/mol. The molecule has 0 saturated heterocycles. The van der Waals surface area contributed by atoms with Crippen molar-refractivity contribution < 1.29 is 24.2 Å². The molecule has 0 radical (unpaired) electrons. The van der Waals surface area contributed by atoms with Crippen molar-refractivity contribution in [3.8, 4) is 5.75 Å². The van der Waals surface area contributed by atoms with Crippen LogP contribution in [0.15, 0.2) is 85.0 Å². The molecule has 0 aromatic heterocycles. The molecular formula is C31H43NO5. The smallest absolute Gasteiger partial charge is 0.341 e. The van der Waals surface area contributed by atoms with E-state index in [1.807, 2.05) is 6.92 Å². The largest absolute Gasteiger partial charge is 0.507 e. The minimum absolute atomic E-state index is 0.00930. The highest BCUT2D eigenvalue weighted by Gasteiger charge is 2.16. The average Bonchev–Trinajstić information content (AvgIpc) is 2.90. The van der Waals surface area contributed by atoms with Gasteiger partial charge >= 0.3 is 5.97 Å².